The van der Waals surface area contributed by atoms with E-state index in [4.69, 9.17) is 4.42 Å². The van der Waals surface area contributed by atoms with Crippen LogP contribution in [0.2, 0.25) is 0 Å². The summed E-state index contributed by atoms with van der Waals surface area (Å²) in [6.07, 6.45) is 3.66. The first-order chi connectivity index (χ1) is 14.0. The number of anilines is 1. The fourth-order valence-corrected chi connectivity index (χ4v) is 3.95. The number of aromatic nitrogens is 4. The molecule has 1 saturated heterocycles. The molecule has 1 N–H and O–H groups in total. The predicted octanol–water partition coefficient (Wildman–Crippen LogP) is 2.39. The highest BCUT2D eigenvalue weighted by Gasteiger charge is 2.22. The zero-order valence-electron chi connectivity index (χ0n) is 16.6. The molecule has 29 heavy (non-hydrogen) atoms. The first-order valence-corrected chi connectivity index (χ1v) is 9.75. The standard InChI is InChI=1S/C21H22N6O2/c1-12-6-7-26-11-17(24-21(26)23-12)16-8-15-4-5-18(25-19(15)29-20(16)28)27-9-13(2)22-14(3)10-27/h4-8,11,13-14,22H,9-10H2,1-3H3/t13-,14+. The number of nitrogens with zero attached hydrogens (tertiary/aromatic N) is 5. The van der Waals surface area contributed by atoms with Gasteiger partial charge in [0.05, 0.1) is 11.3 Å². The van der Waals surface area contributed by atoms with Crippen molar-refractivity contribution < 1.29 is 4.42 Å². The number of hydrogen-bond donors (Lipinski definition) is 1. The van der Waals surface area contributed by atoms with E-state index in [-0.39, 0.29) is 0 Å². The topological polar surface area (TPSA) is 88.6 Å². The van der Waals surface area contributed by atoms with E-state index in [1.54, 1.807) is 16.7 Å². The van der Waals surface area contributed by atoms with Crippen LogP contribution in [-0.2, 0) is 0 Å². The molecule has 5 rings (SSSR count). The van der Waals surface area contributed by atoms with E-state index in [0.29, 0.717) is 34.8 Å². The monoisotopic (exact) mass is 390 g/mol. The largest absolute Gasteiger partial charge is 0.403 e. The summed E-state index contributed by atoms with van der Waals surface area (Å²) in [5, 5.41) is 4.27. The molecule has 0 bridgehead atoms. The van der Waals surface area contributed by atoms with Crippen LogP contribution in [0.4, 0.5) is 5.82 Å². The van der Waals surface area contributed by atoms with Crippen molar-refractivity contribution in [3.8, 4) is 11.3 Å². The van der Waals surface area contributed by atoms with Crippen molar-refractivity contribution in [2.75, 3.05) is 18.0 Å². The van der Waals surface area contributed by atoms with Crippen LogP contribution in [0.5, 0.6) is 0 Å². The Bertz CT molecular complexity index is 1270. The summed E-state index contributed by atoms with van der Waals surface area (Å²) < 4.78 is 7.37. The molecule has 1 aliphatic rings. The number of aryl methyl sites for hydroxylation is 1. The van der Waals surface area contributed by atoms with Crippen LogP contribution in [0.3, 0.4) is 0 Å². The normalized spacial score (nSPS) is 19.9. The van der Waals surface area contributed by atoms with Crippen molar-refractivity contribution in [1.29, 1.82) is 0 Å². The van der Waals surface area contributed by atoms with E-state index in [0.717, 1.165) is 30.0 Å². The average Bonchev–Trinajstić information content (AvgIpc) is 3.09. The minimum absolute atomic E-state index is 0.341. The molecule has 0 unspecified atom stereocenters. The molecular formula is C21H22N6O2. The van der Waals surface area contributed by atoms with Crippen molar-refractivity contribution in [2.45, 2.75) is 32.9 Å². The van der Waals surface area contributed by atoms with Gasteiger partial charge in [-0.25, -0.2) is 14.8 Å². The Morgan fingerprint density at radius 1 is 1.10 bits per heavy atom. The summed E-state index contributed by atoms with van der Waals surface area (Å²) >= 11 is 0. The third kappa shape index (κ3) is 3.25. The molecule has 0 radical (unpaired) electrons. The average molecular weight is 390 g/mol. The van der Waals surface area contributed by atoms with E-state index in [1.807, 2.05) is 31.3 Å². The summed E-state index contributed by atoms with van der Waals surface area (Å²) in [4.78, 5) is 28.4. The molecule has 1 fully saturated rings. The van der Waals surface area contributed by atoms with Crippen molar-refractivity contribution in [2.24, 2.45) is 0 Å². The van der Waals surface area contributed by atoms with Gasteiger partial charge in [-0.15, -0.1) is 0 Å². The fraction of sp³-hybridized carbons (Fsp3) is 0.333. The summed E-state index contributed by atoms with van der Waals surface area (Å²) in [5.41, 5.74) is 1.69. The van der Waals surface area contributed by atoms with Gasteiger partial charge >= 0.3 is 5.63 Å². The van der Waals surface area contributed by atoms with Gasteiger partial charge < -0.3 is 14.6 Å². The van der Waals surface area contributed by atoms with Gasteiger partial charge in [0.25, 0.3) is 0 Å². The molecule has 0 amide bonds. The van der Waals surface area contributed by atoms with Gasteiger partial charge in [-0.1, -0.05) is 0 Å². The van der Waals surface area contributed by atoms with Gasteiger partial charge in [0, 0.05) is 48.6 Å². The van der Waals surface area contributed by atoms with E-state index >= 15 is 0 Å². The fourth-order valence-electron chi connectivity index (χ4n) is 3.95. The van der Waals surface area contributed by atoms with Gasteiger partial charge in [-0.05, 0) is 45.0 Å². The maximum Gasteiger partial charge on any atom is 0.347 e. The zero-order valence-corrected chi connectivity index (χ0v) is 16.6. The maximum absolute atomic E-state index is 12.7. The van der Waals surface area contributed by atoms with Crippen LogP contribution in [0, 0.1) is 6.92 Å². The quantitative estimate of drug-likeness (QED) is 0.562. The van der Waals surface area contributed by atoms with E-state index in [9.17, 15) is 4.79 Å². The Labute approximate surface area is 167 Å². The number of imidazole rings is 1. The lowest BCUT2D eigenvalue weighted by atomic mass is 10.1. The van der Waals surface area contributed by atoms with Gasteiger partial charge in [0.15, 0.2) is 0 Å². The Balaban J connectivity index is 1.55. The summed E-state index contributed by atoms with van der Waals surface area (Å²) in [7, 11) is 0. The predicted molar refractivity (Wildman–Crippen MR) is 111 cm³/mol. The molecule has 0 spiro atoms. The van der Waals surface area contributed by atoms with Gasteiger partial charge in [-0.3, -0.25) is 4.40 Å². The number of nitrogens with one attached hydrogen (secondary N) is 1. The van der Waals surface area contributed by atoms with Gasteiger partial charge in [0.1, 0.15) is 5.82 Å². The molecule has 0 saturated carbocycles. The van der Waals surface area contributed by atoms with Crippen LogP contribution >= 0.6 is 0 Å². The lowest BCUT2D eigenvalue weighted by Gasteiger charge is -2.36. The van der Waals surface area contributed by atoms with E-state index in [2.05, 4.69) is 39.0 Å². The second-order valence-electron chi connectivity index (χ2n) is 7.79. The van der Waals surface area contributed by atoms with Crippen molar-refractivity contribution in [3.05, 3.63) is 52.8 Å². The van der Waals surface area contributed by atoms with Gasteiger partial charge in [0.2, 0.25) is 11.5 Å². The lowest BCUT2D eigenvalue weighted by Crippen LogP contribution is -2.54. The molecule has 2 atom stereocenters. The summed E-state index contributed by atoms with van der Waals surface area (Å²) in [6, 6.07) is 8.35. The van der Waals surface area contributed by atoms with Crippen LogP contribution in [-0.4, -0.2) is 44.5 Å². The third-order valence-electron chi connectivity index (χ3n) is 5.21. The molecule has 8 nitrogen and oxygen atoms in total. The molecule has 0 aliphatic carbocycles. The van der Waals surface area contributed by atoms with Crippen LogP contribution in [0.1, 0.15) is 19.5 Å². The smallest absolute Gasteiger partial charge is 0.347 e. The molecule has 4 aromatic rings. The molecule has 0 aromatic carbocycles. The lowest BCUT2D eigenvalue weighted by molar-refractivity contribution is 0.405. The van der Waals surface area contributed by atoms with Gasteiger partial charge in [-0.2, -0.15) is 4.98 Å². The number of rotatable bonds is 2. The molecule has 1 aliphatic heterocycles. The number of piperazine rings is 1. The van der Waals surface area contributed by atoms with Crippen LogP contribution in [0.15, 0.2) is 45.9 Å². The summed E-state index contributed by atoms with van der Waals surface area (Å²) in [5.74, 6) is 1.37. The minimum atomic E-state index is -0.454. The Hall–Kier alpha value is -3.26. The molecule has 4 aromatic heterocycles. The van der Waals surface area contributed by atoms with Crippen LogP contribution in [0.25, 0.3) is 28.1 Å². The first kappa shape index (κ1) is 17.8. The van der Waals surface area contributed by atoms with Crippen molar-refractivity contribution >= 4 is 22.7 Å². The summed E-state index contributed by atoms with van der Waals surface area (Å²) in [6.45, 7) is 7.93. The highest BCUT2D eigenvalue weighted by Crippen LogP contribution is 2.23. The molecule has 5 heterocycles. The van der Waals surface area contributed by atoms with Crippen LogP contribution < -0.4 is 15.8 Å². The van der Waals surface area contributed by atoms with Crippen molar-refractivity contribution in [3.63, 3.8) is 0 Å². The maximum atomic E-state index is 12.7. The first-order valence-electron chi connectivity index (χ1n) is 9.75. The third-order valence-corrected chi connectivity index (χ3v) is 5.21. The number of hydrogen-bond acceptors (Lipinski definition) is 7. The Morgan fingerprint density at radius 2 is 1.90 bits per heavy atom. The minimum Gasteiger partial charge on any atom is -0.403 e. The van der Waals surface area contributed by atoms with Crippen molar-refractivity contribution in [1.82, 2.24) is 24.7 Å². The number of pyridine rings is 1. The SMILES string of the molecule is Cc1ccn2cc(-c3cc4ccc(N5C[C@@H](C)N[C@@H](C)C5)nc4oc3=O)nc2n1. The second-order valence-corrected chi connectivity index (χ2v) is 7.79. The highest BCUT2D eigenvalue weighted by molar-refractivity contribution is 5.80. The molecule has 148 valence electrons. The highest BCUT2D eigenvalue weighted by atomic mass is 16.4. The van der Waals surface area contributed by atoms with E-state index in [1.165, 1.54) is 0 Å². The number of fused-ring (bicyclic) bond motifs is 2. The zero-order chi connectivity index (χ0) is 20.1. The second kappa shape index (κ2) is 6.66. The Kier molecular flexibility index (Phi) is 4.09. The van der Waals surface area contributed by atoms with E-state index < -0.39 is 5.63 Å². The molecular weight excluding hydrogens is 368 g/mol. The Morgan fingerprint density at radius 3 is 2.69 bits per heavy atom. The molecule has 8 heteroatoms.